The van der Waals surface area contributed by atoms with E-state index in [4.69, 9.17) is 0 Å². The fourth-order valence-corrected chi connectivity index (χ4v) is 0.786. The Balaban J connectivity index is 0.000000500. The van der Waals surface area contributed by atoms with Crippen LogP contribution in [0.1, 0.15) is 0 Å². The number of rotatable bonds is 0. The Morgan fingerprint density at radius 3 is 1.91 bits per heavy atom. The molecular weight excluding hydrogens is 169 g/mol. The number of H-pyrrole nitrogens is 1. The molecule has 0 amide bonds. The van der Waals surface area contributed by atoms with Crippen molar-refractivity contribution in [3.05, 3.63) is 24.3 Å². The number of para-hydroxylation sites is 2. The zero-order chi connectivity index (χ0) is 6.10. The molecule has 1 aromatic carbocycles. The molecule has 5 heteroatoms. The number of aromatic nitrogens is 3. The molecule has 2 rings (SSSR count). The number of hydrogen-bond donors (Lipinski definition) is 1. The smallest absolute Gasteiger partial charge is 0.813 e. The standard InChI is InChI=1S/C6H5N3.Na.H2S/c1-2-4-6-5(3-1)7-9-8-6;;/h1-4H,(H,7,8,9);;1H2/q;+1;/p-1. The Hall–Kier alpha value is -0.0300. The second-order valence-electron chi connectivity index (χ2n) is 1.81. The Morgan fingerprint density at radius 1 is 1.00 bits per heavy atom. The number of aromatic amines is 1. The first-order valence-corrected chi connectivity index (χ1v) is 2.72. The van der Waals surface area contributed by atoms with Crippen LogP contribution in [0.2, 0.25) is 0 Å². The number of fused-ring (bicyclic) bond motifs is 1. The third-order valence-electron chi connectivity index (χ3n) is 1.22. The first-order valence-electron chi connectivity index (χ1n) is 2.72. The van der Waals surface area contributed by atoms with Crippen molar-refractivity contribution in [1.82, 2.24) is 15.4 Å². The first kappa shape index (κ1) is 11.0. The molecule has 11 heavy (non-hydrogen) atoms. The Bertz CT molecular complexity index is 292. The predicted molar refractivity (Wildman–Crippen MR) is 42.6 cm³/mol. The van der Waals surface area contributed by atoms with Crippen LogP contribution in [0.5, 0.6) is 0 Å². The Morgan fingerprint density at radius 2 is 1.45 bits per heavy atom. The van der Waals surface area contributed by atoms with Crippen LogP contribution in [0.15, 0.2) is 24.3 Å². The predicted octanol–water partition coefficient (Wildman–Crippen LogP) is -2.31. The largest absolute Gasteiger partial charge is 1.00 e. The van der Waals surface area contributed by atoms with E-state index < -0.39 is 0 Å². The van der Waals surface area contributed by atoms with Gasteiger partial charge in [0.25, 0.3) is 0 Å². The van der Waals surface area contributed by atoms with E-state index in [0.717, 1.165) is 11.0 Å². The summed E-state index contributed by atoms with van der Waals surface area (Å²) in [6.45, 7) is 0. The van der Waals surface area contributed by atoms with Gasteiger partial charge in [-0.25, -0.2) is 0 Å². The van der Waals surface area contributed by atoms with Crippen LogP contribution >= 0.6 is 0 Å². The molecule has 0 unspecified atom stereocenters. The summed E-state index contributed by atoms with van der Waals surface area (Å²) in [5.41, 5.74) is 1.83. The molecule has 0 aliphatic heterocycles. The van der Waals surface area contributed by atoms with Gasteiger partial charge in [-0.3, -0.25) is 0 Å². The minimum atomic E-state index is 0. The molecule has 3 nitrogen and oxygen atoms in total. The monoisotopic (exact) mass is 175 g/mol. The summed E-state index contributed by atoms with van der Waals surface area (Å²) in [6.07, 6.45) is 0. The Labute approximate surface area is 93.3 Å². The van der Waals surface area contributed by atoms with Gasteiger partial charge in [0.15, 0.2) is 0 Å². The summed E-state index contributed by atoms with van der Waals surface area (Å²) in [5, 5.41) is 10.3. The second kappa shape index (κ2) is 4.77. The molecule has 2 aromatic rings. The maximum atomic E-state index is 3.88. The van der Waals surface area contributed by atoms with E-state index in [-0.39, 0.29) is 43.1 Å². The third kappa shape index (κ3) is 2.20. The van der Waals surface area contributed by atoms with Gasteiger partial charge in [-0.05, 0) is 12.1 Å². The molecule has 0 radical (unpaired) electrons. The average molecular weight is 175 g/mol. The van der Waals surface area contributed by atoms with E-state index in [9.17, 15) is 0 Å². The first-order chi connectivity index (χ1) is 4.47. The minimum Gasteiger partial charge on any atom is -0.813 e. The molecule has 0 spiro atoms. The minimum absolute atomic E-state index is 0. The van der Waals surface area contributed by atoms with E-state index in [0.29, 0.717) is 0 Å². The molecule has 52 valence electrons. The zero-order valence-corrected chi connectivity index (χ0v) is 9.05. The van der Waals surface area contributed by atoms with Gasteiger partial charge in [-0.2, -0.15) is 15.4 Å². The van der Waals surface area contributed by atoms with Crippen molar-refractivity contribution in [1.29, 1.82) is 0 Å². The molecule has 0 saturated carbocycles. The number of nitrogens with one attached hydrogen (secondary N) is 1. The van der Waals surface area contributed by atoms with E-state index in [1.165, 1.54) is 0 Å². The van der Waals surface area contributed by atoms with E-state index in [1.54, 1.807) is 0 Å². The molecule has 0 bridgehead atoms. The normalized spacial score (nSPS) is 8.36. The van der Waals surface area contributed by atoms with E-state index >= 15 is 0 Å². The summed E-state index contributed by atoms with van der Waals surface area (Å²) in [7, 11) is 0. The third-order valence-corrected chi connectivity index (χ3v) is 1.22. The van der Waals surface area contributed by atoms with Crippen molar-refractivity contribution >= 4 is 24.5 Å². The van der Waals surface area contributed by atoms with Crippen molar-refractivity contribution in [3.63, 3.8) is 0 Å². The van der Waals surface area contributed by atoms with E-state index in [1.807, 2.05) is 24.3 Å². The molecule has 1 N–H and O–H groups in total. The van der Waals surface area contributed by atoms with Crippen LogP contribution < -0.4 is 29.6 Å². The molecule has 0 fully saturated rings. The number of thiol groups is 1. The van der Waals surface area contributed by atoms with Gasteiger partial charge in [-0.15, -0.1) is 0 Å². The summed E-state index contributed by atoms with van der Waals surface area (Å²) < 4.78 is 0. The summed E-state index contributed by atoms with van der Waals surface area (Å²) in [6, 6.07) is 7.70. The molecule has 1 heterocycles. The van der Waals surface area contributed by atoms with Gasteiger partial charge in [-0.1, -0.05) is 12.1 Å². The topological polar surface area (TPSA) is 41.6 Å². The van der Waals surface area contributed by atoms with Crippen molar-refractivity contribution in [2.24, 2.45) is 0 Å². The zero-order valence-electron chi connectivity index (χ0n) is 6.15. The van der Waals surface area contributed by atoms with Crippen LogP contribution in [0.25, 0.3) is 11.0 Å². The van der Waals surface area contributed by atoms with Gasteiger partial charge in [0.05, 0.1) is 0 Å². The van der Waals surface area contributed by atoms with Crippen molar-refractivity contribution in [2.75, 3.05) is 0 Å². The fraction of sp³-hybridized carbons (Fsp3) is 0. The molecule has 0 aliphatic carbocycles. The number of nitrogens with zero attached hydrogens (tertiary/aromatic N) is 2. The maximum Gasteiger partial charge on any atom is 1.00 e. The van der Waals surface area contributed by atoms with Crippen molar-refractivity contribution < 1.29 is 29.6 Å². The van der Waals surface area contributed by atoms with Crippen molar-refractivity contribution in [3.8, 4) is 0 Å². The van der Waals surface area contributed by atoms with Gasteiger partial charge in [0.1, 0.15) is 11.0 Å². The summed E-state index contributed by atoms with van der Waals surface area (Å²) >= 11 is 0. The van der Waals surface area contributed by atoms with E-state index in [2.05, 4.69) is 15.4 Å². The Kier molecular flexibility index (Phi) is 4.76. The number of benzene rings is 1. The van der Waals surface area contributed by atoms with Crippen molar-refractivity contribution in [2.45, 2.75) is 0 Å². The molecule has 1 aromatic heterocycles. The maximum absolute atomic E-state index is 3.88. The van der Waals surface area contributed by atoms with Gasteiger partial charge in [0.2, 0.25) is 0 Å². The second-order valence-corrected chi connectivity index (χ2v) is 1.81. The van der Waals surface area contributed by atoms with Crippen LogP contribution in [-0.2, 0) is 13.5 Å². The number of hydrogen-bond acceptors (Lipinski definition) is 3. The van der Waals surface area contributed by atoms with Crippen LogP contribution in [0.4, 0.5) is 0 Å². The molecule has 0 atom stereocenters. The molecule has 0 saturated heterocycles. The van der Waals surface area contributed by atoms with Crippen LogP contribution in [0, 0.1) is 0 Å². The summed E-state index contributed by atoms with van der Waals surface area (Å²) in [4.78, 5) is 0. The quantitative estimate of drug-likeness (QED) is 0.278. The molecule has 0 aliphatic rings. The van der Waals surface area contributed by atoms with Crippen LogP contribution in [0.3, 0.4) is 0 Å². The van der Waals surface area contributed by atoms with Gasteiger partial charge in [0, 0.05) is 0 Å². The van der Waals surface area contributed by atoms with Crippen LogP contribution in [-0.4, -0.2) is 15.4 Å². The average Bonchev–Trinajstić information content (AvgIpc) is 2.33. The van der Waals surface area contributed by atoms with Gasteiger partial charge >= 0.3 is 29.6 Å². The fourth-order valence-electron chi connectivity index (χ4n) is 0.786. The molecular formula is C6H6N3NaS. The SMILES string of the molecule is [Na+].[SH-].c1ccc2n[nH]nc2c1. The van der Waals surface area contributed by atoms with Gasteiger partial charge < -0.3 is 13.5 Å². The summed E-state index contributed by atoms with van der Waals surface area (Å²) in [5.74, 6) is 0.